The molecule has 0 unspecified atom stereocenters. The molecule has 180 valence electrons. The average Bonchev–Trinajstić information content (AvgIpc) is 3.30. The van der Waals surface area contributed by atoms with Crippen LogP contribution in [0.1, 0.15) is 34.2 Å². The number of carbonyl (C=O) groups excluding carboxylic acids is 1. The fraction of sp³-hybridized carbons (Fsp3) is 0.524. The van der Waals surface area contributed by atoms with Crippen molar-refractivity contribution in [1.29, 1.82) is 0 Å². The third-order valence-electron chi connectivity index (χ3n) is 6.31. The third kappa shape index (κ3) is 4.51. The molecule has 0 aliphatic carbocycles. The van der Waals surface area contributed by atoms with E-state index < -0.39 is 25.8 Å². The van der Waals surface area contributed by atoms with Gasteiger partial charge < -0.3 is 9.64 Å². The number of piperazine rings is 1. The minimum absolute atomic E-state index is 0.106. The van der Waals surface area contributed by atoms with E-state index in [1.165, 1.54) is 35.7 Å². The van der Waals surface area contributed by atoms with Crippen molar-refractivity contribution in [2.24, 2.45) is 0 Å². The summed E-state index contributed by atoms with van der Waals surface area (Å²) in [5.74, 6) is -0.230. The Kier molecular flexibility index (Phi) is 6.27. The number of hydrogen-bond donors (Lipinski definition) is 0. The molecule has 1 aromatic carbocycles. The summed E-state index contributed by atoms with van der Waals surface area (Å²) in [5.41, 5.74) is 2.95. The second kappa shape index (κ2) is 8.73. The first-order valence-corrected chi connectivity index (χ1v) is 14.0. The molecule has 0 amide bonds. The summed E-state index contributed by atoms with van der Waals surface area (Å²) >= 11 is 0. The lowest BCUT2D eigenvalue weighted by Gasteiger charge is -2.35. The second-order valence-electron chi connectivity index (χ2n) is 8.43. The molecule has 0 bridgehead atoms. The molecule has 2 aliphatic heterocycles. The number of ether oxygens (including phenoxy) is 1. The number of aromatic nitrogens is 2. The number of carbonyl (C=O) groups is 1. The van der Waals surface area contributed by atoms with Crippen LogP contribution in [-0.4, -0.2) is 81.7 Å². The Hall–Kier alpha value is -2.44. The van der Waals surface area contributed by atoms with Crippen LogP contribution in [-0.2, 0) is 24.6 Å². The molecule has 2 aromatic rings. The van der Waals surface area contributed by atoms with Crippen molar-refractivity contribution < 1.29 is 26.4 Å². The Labute approximate surface area is 194 Å². The Morgan fingerprint density at radius 3 is 2.27 bits per heavy atom. The number of nitrogens with zero attached hydrogens (tertiary/aromatic N) is 4. The molecular formula is C21H28N4O6S2. The molecule has 2 saturated heterocycles. The molecule has 2 aliphatic rings. The molecule has 33 heavy (non-hydrogen) atoms. The van der Waals surface area contributed by atoms with Gasteiger partial charge in [0.2, 0.25) is 10.0 Å². The molecule has 4 rings (SSSR count). The maximum Gasteiger partial charge on any atom is 0.337 e. The predicted molar refractivity (Wildman–Crippen MR) is 123 cm³/mol. The van der Waals surface area contributed by atoms with Crippen molar-refractivity contribution in [2.45, 2.75) is 31.2 Å². The standard InChI is InChI=1S/C21H28N4O6S2/c1-15-20(16(2)25(22-15)18-8-13-32(27,28)14-18)23-9-11-24(12-10-23)33(29,30)19-6-4-17(5-7-19)21(26)31-3/h4-7,18H,8-14H2,1-3H3/t18-/m1/s1. The van der Waals surface area contributed by atoms with E-state index in [4.69, 9.17) is 0 Å². The van der Waals surface area contributed by atoms with Gasteiger partial charge in [-0.15, -0.1) is 0 Å². The quantitative estimate of drug-likeness (QED) is 0.566. The number of hydrogen-bond acceptors (Lipinski definition) is 8. The van der Waals surface area contributed by atoms with Gasteiger partial charge in [-0.1, -0.05) is 0 Å². The number of rotatable bonds is 5. The van der Waals surface area contributed by atoms with E-state index in [2.05, 4.69) is 14.7 Å². The lowest BCUT2D eigenvalue weighted by Crippen LogP contribution is -2.49. The van der Waals surface area contributed by atoms with E-state index in [1.807, 2.05) is 18.5 Å². The number of methoxy groups -OCH3 is 1. The van der Waals surface area contributed by atoms with Crippen LogP contribution in [0.4, 0.5) is 5.69 Å². The number of aryl methyl sites for hydroxylation is 1. The SMILES string of the molecule is COC(=O)c1ccc(S(=O)(=O)N2CCN(c3c(C)nn([C@@H]4CCS(=O)(=O)C4)c3C)CC2)cc1. The number of anilines is 1. The molecule has 3 heterocycles. The molecule has 0 spiro atoms. The van der Waals surface area contributed by atoms with Crippen molar-refractivity contribution in [3.63, 3.8) is 0 Å². The smallest absolute Gasteiger partial charge is 0.337 e. The van der Waals surface area contributed by atoms with Crippen LogP contribution >= 0.6 is 0 Å². The van der Waals surface area contributed by atoms with E-state index in [-0.39, 0.29) is 22.4 Å². The van der Waals surface area contributed by atoms with Gasteiger partial charge in [0.1, 0.15) is 0 Å². The van der Waals surface area contributed by atoms with Crippen LogP contribution < -0.4 is 4.90 Å². The van der Waals surface area contributed by atoms with E-state index in [0.29, 0.717) is 38.2 Å². The molecule has 2 fully saturated rings. The van der Waals surface area contributed by atoms with Gasteiger partial charge in [-0.05, 0) is 44.5 Å². The summed E-state index contributed by atoms with van der Waals surface area (Å²) in [5, 5.41) is 4.62. The predicted octanol–water partition coefficient (Wildman–Crippen LogP) is 1.16. The first-order chi connectivity index (χ1) is 15.5. The largest absolute Gasteiger partial charge is 0.465 e. The van der Waals surface area contributed by atoms with E-state index in [9.17, 15) is 21.6 Å². The Morgan fingerprint density at radius 1 is 1.09 bits per heavy atom. The summed E-state index contributed by atoms with van der Waals surface area (Å²) < 4.78 is 57.9. The number of sulfonamides is 1. The number of esters is 1. The van der Waals surface area contributed by atoms with Crippen LogP contribution in [0.3, 0.4) is 0 Å². The lowest BCUT2D eigenvalue weighted by molar-refractivity contribution is 0.0600. The van der Waals surface area contributed by atoms with Crippen molar-refractivity contribution in [1.82, 2.24) is 14.1 Å². The zero-order valence-electron chi connectivity index (χ0n) is 18.9. The lowest BCUT2D eigenvalue weighted by atomic mass is 10.2. The number of benzene rings is 1. The minimum atomic E-state index is -3.69. The van der Waals surface area contributed by atoms with Gasteiger partial charge in [-0.3, -0.25) is 4.68 Å². The Bertz CT molecular complexity index is 1260. The van der Waals surface area contributed by atoms with Gasteiger partial charge in [-0.25, -0.2) is 21.6 Å². The average molecular weight is 497 g/mol. The molecule has 0 saturated carbocycles. The van der Waals surface area contributed by atoms with Gasteiger partial charge in [0.25, 0.3) is 0 Å². The van der Waals surface area contributed by atoms with Crippen molar-refractivity contribution >= 4 is 31.5 Å². The Balaban J connectivity index is 1.47. The first kappa shape index (κ1) is 23.7. The first-order valence-electron chi connectivity index (χ1n) is 10.7. The summed E-state index contributed by atoms with van der Waals surface area (Å²) in [4.78, 5) is 13.8. The van der Waals surface area contributed by atoms with E-state index >= 15 is 0 Å². The van der Waals surface area contributed by atoms with Crippen molar-refractivity contribution in [2.75, 3.05) is 49.7 Å². The topological polar surface area (TPSA) is 119 Å². The van der Waals surface area contributed by atoms with Gasteiger partial charge in [0.15, 0.2) is 9.84 Å². The highest BCUT2D eigenvalue weighted by Gasteiger charge is 2.34. The number of sulfone groups is 1. The molecule has 0 radical (unpaired) electrons. The summed E-state index contributed by atoms with van der Waals surface area (Å²) in [7, 11) is -5.44. The highest BCUT2D eigenvalue weighted by atomic mass is 32.2. The zero-order valence-corrected chi connectivity index (χ0v) is 20.5. The monoisotopic (exact) mass is 496 g/mol. The molecule has 1 aromatic heterocycles. The molecule has 1 atom stereocenters. The van der Waals surface area contributed by atoms with Crippen molar-refractivity contribution in [3.05, 3.63) is 41.2 Å². The zero-order chi connectivity index (χ0) is 24.0. The van der Waals surface area contributed by atoms with Crippen LogP contribution in [0.2, 0.25) is 0 Å². The van der Waals surface area contributed by atoms with Gasteiger partial charge >= 0.3 is 5.97 Å². The summed E-state index contributed by atoms with van der Waals surface area (Å²) in [6, 6.07) is 5.57. The fourth-order valence-corrected chi connectivity index (χ4v) is 7.73. The molecule has 12 heteroatoms. The Morgan fingerprint density at radius 2 is 1.73 bits per heavy atom. The summed E-state index contributed by atoms with van der Waals surface area (Å²) in [6.45, 7) is 5.44. The van der Waals surface area contributed by atoms with E-state index in [1.54, 1.807) is 0 Å². The second-order valence-corrected chi connectivity index (χ2v) is 12.6. The minimum Gasteiger partial charge on any atom is -0.465 e. The van der Waals surface area contributed by atoms with Crippen LogP contribution in [0, 0.1) is 13.8 Å². The van der Waals surface area contributed by atoms with Gasteiger partial charge in [-0.2, -0.15) is 9.40 Å². The van der Waals surface area contributed by atoms with Crippen molar-refractivity contribution in [3.8, 4) is 0 Å². The highest BCUT2D eigenvalue weighted by molar-refractivity contribution is 7.91. The maximum absolute atomic E-state index is 13.1. The molecule has 10 nitrogen and oxygen atoms in total. The summed E-state index contributed by atoms with van der Waals surface area (Å²) in [6.07, 6.45) is 0.560. The van der Waals surface area contributed by atoms with Crippen LogP contribution in [0.25, 0.3) is 0 Å². The van der Waals surface area contributed by atoms with E-state index in [0.717, 1.165) is 17.1 Å². The normalized spacial score (nSPS) is 21.3. The maximum atomic E-state index is 13.1. The molecule has 0 N–H and O–H groups in total. The fourth-order valence-electron chi connectivity index (χ4n) is 4.62. The van der Waals surface area contributed by atoms with Crippen LogP contribution in [0.15, 0.2) is 29.2 Å². The van der Waals surface area contributed by atoms with Crippen LogP contribution in [0.5, 0.6) is 0 Å². The van der Waals surface area contributed by atoms with Gasteiger partial charge in [0.05, 0.1) is 52.2 Å². The van der Waals surface area contributed by atoms with Gasteiger partial charge in [0, 0.05) is 26.2 Å². The highest BCUT2D eigenvalue weighted by Crippen LogP contribution is 2.32. The molecular weight excluding hydrogens is 468 g/mol. The third-order valence-corrected chi connectivity index (χ3v) is 9.97.